The van der Waals surface area contributed by atoms with Crippen molar-refractivity contribution in [1.82, 2.24) is 4.90 Å². The zero-order valence-electron chi connectivity index (χ0n) is 13.3. The smallest absolute Gasteiger partial charge is 0.0431 e. The van der Waals surface area contributed by atoms with Crippen molar-refractivity contribution < 1.29 is 5.11 Å². The molecule has 2 heteroatoms. The minimum absolute atomic E-state index is 0.353. The van der Waals surface area contributed by atoms with Crippen LogP contribution in [0.5, 0.6) is 0 Å². The Labute approximate surface area is 115 Å². The molecule has 1 aliphatic heterocycles. The van der Waals surface area contributed by atoms with Crippen LogP contribution in [0.2, 0.25) is 0 Å². The van der Waals surface area contributed by atoms with E-state index in [9.17, 15) is 0 Å². The lowest BCUT2D eigenvalue weighted by Crippen LogP contribution is -2.35. The number of likely N-dealkylation sites (tertiary alicyclic amines) is 1. The molecule has 0 amide bonds. The average Bonchev–Trinajstić information content (AvgIpc) is 2.47. The summed E-state index contributed by atoms with van der Waals surface area (Å²) >= 11 is 0. The highest BCUT2D eigenvalue weighted by atomic mass is 16.2. The fourth-order valence-electron chi connectivity index (χ4n) is 2.19. The molecule has 0 aromatic carbocycles. The van der Waals surface area contributed by atoms with Crippen LogP contribution < -0.4 is 0 Å². The molecular weight excluding hydrogens is 222 g/mol. The van der Waals surface area contributed by atoms with Crippen LogP contribution in [0.3, 0.4) is 0 Å². The Morgan fingerprint density at radius 3 is 2.44 bits per heavy atom. The van der Waals surface area contributed by atoms with E-state index in [1.54, 1.807) is 0 Å². The molecular formula is C16H35NO. The molecule has 2 nitrogen and oxygen atoms in total. The maximum Gasteiger partial charge on any atom is 0.0431 e. The molecule has 18 heavy (non-hydrogen) atoms. The standard InChI is InChI=1S/C12H23NO.2C2H6/c1-2-3-8-13-9-4-6-12(11-13)7-5-10-14;2*1-2/h2-3,12,14H,4-11H2,1H3;2*1-2H3/b3-2+;;. The fourth-order valence-corrected chi connectivity index (χ4v) is 2.19. The lowest BCUT2D eigenvalue weighted by Gasteiger charge is -2.31. The maximum atomic E-state index is 8.78. The van der Waals surface area contributed by atoms with Crippen LogP contribution in [0.15, 0.2) is 12.2 Å². The molecule has 1 rings (SSSR count). The average molecular weight is 257 g/mol. The van der Waals surface area contributed by atoms with E-state index in [2.05, 4.69) is 24.0 Å². The van der Waals surface area contributed by atoms with Gasteiger partial charge in [-0.3, -0.25) is 4.90 Å². The van der Waals surface area contributed by atoms with E-state index < -0.39 is 0 Å². The van der Waals surface area contributed by atoms with Crippen LogP contribution in [0.4, 0.5) is 0 Å². The van der Waals surface area contributed by atoms with E-state index in [4.69, 9.17) is 5.11 Å². The van der Waals surface area contributed by atoms with Crippen LogP contribution in [-0.4, -0.2) is 36.2 Å². The van der Waals surface area contributed by atoms with Gasteiger partial charge in [-0.25, -0.2) is 0 Å². The van der Waals surface area contributed by atoms with Crippen molar-refractivity contribution in [3.05, 3.63) is 12.2 Å². The van der Waals surface area contributed by atoms with Gasteiger partial charge >= 0.3 is 0 Å². The Morgan fingerprint density at radius 2 is 1.89 bits per heavy atom. The Kier molecular flexibility index (Phi) is 18.5. The summed E-state index contributed by atoms with van der Waals surface area (Å²) in [7, 11) is 0. The molecule has 110 valence electrons. The van der Waals surface area contributed by atoms with Crippen molar-refractivity contribution >= 4 is 0 Å². The summed E-state index contributed by atoms with van der Waals surface area (Å²) in [5, 5.41) is 8.78. The number of aliphatic hydroxyl groups excluding tert-OH is 1. The van der Waals surface area contributed by atoms with Gasteiger partial charge in [0.15, 0.2) is 0 Å². The van der Waals surface area contributed by atoms with Crippen molar-refractivity contribution in [2.75, 3.05) is 26.2 Å². The normalized spacial score (nSPS) is 19.8. The number of piperidine rings is 1. The third kappa shape index (κ3) is 10.8. The summed E-state index contributed by atoms with van der Waals surface area (Å²) in [6, 6.07) is 0. The van der Waals surface area contributed by atoms with E-state index in [1.165, 1.54) is 32.4 Å². The SMILES string of the molecule is C/C=C/CN1CCCC(CCCO)C1.CC.CC. The molecule has 0 radical (unpaired) electrons. The minimum Gasteiger partial charge on any atom is -0.396 e. The van der Waals surface area contributed by atoms with Crippen molar-refractivity contribution in [3.63, 3.8) is 0 Å². The zero-order valence-corrected chi connectivity index (χ0v) is 13.3. The van der Waals surface area contributed by atoms with Crippen LogP contribution >= 0.6 is 0 Å². The molecule has 1 saturated heterocycles. The predicted molar refractivity (Wildman–Crippen MR) is 83.0 cm³/mol. The highest BCUT2D eigenvalue weighted by molar-refractivity contribution is 4.83. The molecule has 0 aromatic rings. The van der Waals surface area contributed by atoms with E-state index in [-0.39, 0.29) is 0 Å². The largest absolute Gasteiger partial charge is 0.396 e. The molecule has 1 N–H and O–H groups in total. The molecule has 1 heterocycles. The predicted octanol–water partition coefficient (Wildman–Crippen LogP) is 4.10. The second-order valence-corrected chi connectivity index (χ2v) is 4.20. The summed E-state index contributed by atoms with van der Waals surface area (Å²) < 4.78 is 0. The van der Waals surface area contributed by atoms with Gasteiger partial charge in [0.2, 0.25) is 0 Å². The first-order valence-electron chi connectivity index (χ1n) is 7.81. The Hall–Kier alpha value is -0.340. The summed E-state index contributed by atoms with van der Waals surface area (Å²) in [4.78, 5) is 2.52. The number of allylic oxidation sites excluding steroid dienone is 1. The monoisotopic (exact) mass is 257 g/mol. The van der Waals surface area contributed by atoms with Gasteiger partial charge < -0.3 is 5.11 Å². The molecule has 0 saturated carbocycles. The third-order valence-electron chi connectivity index (χ3n) is 2.97. The molecule has 0 aliphatic carbocycles. The first kappa shape index (κ1) is 20.0. The Balaban J connectivity index is 0. The number of rotatable bonds is 5. The molecule has 1 fully saturated rings. The van der Waals surface area contributed by atoms with Gasteiger partial charge in [-0.05, 0) is 45.1 Å². The lowest BCUT2D eigenvalue weighted by molar-refractivity contribution is 0.173. The molecule has 1 aliphatic rings. The van der Waals surface area contributed by atoms with Crippen LogP contribution in [0.1, 0.15) is 60.3 Å². The second-order valence-electron chi connectivity index (χ2n) is 4.20. The number of hydrogen-bond donors (Lipinski definition) is 1. The second kappa shape index (κ2) is 16.7. The number of nitrogens with zero attached hydrogens (tertiary/aromatic N) is 1. The molecule has 0 aromatic heterocycles. The van der Waals surface area contributed by atoms with E-state index >= 15 is 0 Å². The summed E-state index contributed by atoms with van der Waals surface area (Å²) in [6.07, 6.45) is 9.21. The van der Waals surface area contributed by atoms with Gasteiger partial charge in [-0.1, -0.05) is 39.8 Å². The van der Waals surface area contributed by atoms with Crippen molar-refractivity contribution in [2.45, 2.75) is 60.3 Å². The van der Waals surface area contributed by atoms with Crippen LogP contribution in [0, 0.1) is 5.92 Å². The molecule has 0 spiro atoms. The highest BCUT2D eigenvalue weighted by Crippen LogP contribution is 2.20. The van der Waals surface area contributed by atoms with E-state index in [0.29, 0.717) is 6.61 Å². The van der Waals surface area contributed by atoms with Crippen LogP contribution in [0.25, 0.3) is 0 Å². The summed E-state index contributed by atoms with van der Waals surface area (Å²) in [6.45, 7) is 14.0. The quantitative estimate of drug-likeness (QED) is 0.750. The van der Waals surface area contributed by atoms with E-state index in [1.807, 2.05) is 27.7 Å². The summed E-state index contributed by atoms with van der Waals surface area (Å²) in [5.74, 6) is 0.821. The number of aliphatic hydroxyl groups is 1. The fraction of sp³-hybridized carbons (Fsp3) is 0.875. The van der Waals surface area contributed by atoms with Crippen molar-refractivity contribution in [1.29, 1.82) is 0 Å². The van der Waals surface area contributed by atoms with Crippen molar-refractivity contribution in [2.24, 2.45) is 5.92 Å². The van der Waals surface area contributed by atoms with Gasteiger partial charge in [-0.15, -0.1) is 0 Å². The molecule has 1 unspecified atom stereocenters. The Bertz CT molecular complexity index is 168. The van der Waals surface area contributed by atoms with Gasteiger partial charge in [0.1, 0.15) is 0 Å². The van der Waals surface area contributed by atoms with Gasteiger partial charge in [0, 0.05) is 19.7 Å². The first-order chi connectivity index (χ1) is 8.86. The molecule has 0 bridgehead atoms. The highest BCUT2D eigenvalue weighted by Gasteiger charge is 2.18. The third-order valence-corrected chi connectivity index (χ3v) is 2.97. The zero-order chi connectivity index (χ0) is 14.2. The molecule has 1 atom stereocenters. The van der Waals surface area contributed by atoms with Gasteiger partial charge in [0.05, 0.1) is 0 Å². The maximum absolute atomic E-state index is 8.78. The van der Waals surface area contributed by atoms with Gasteiger partial charge in [-0.2, -0.15) is 0 Å². The van der Waals surface area contributed by atoms with E-state index in [0.717, 1.165) is 18.9 Å². The van der Waals surface area contributed by atoms with Gasteiger partial charge in [0.25, 0.3) is 0 Å². The van der Waals surface area contributed by atoms with Crippen LogP contribution in [-0.2, 0) is 0 Å². The topological polar surface area (TPSA) is 23.5 Å². The minimum atomic E-state index is 0.353. The lowest BCUT2D eigenvalue weighted by atomic mass is 9.93. The summed E-state index contributed by atoms with van der Waals surface area (Å²) in [5.41, 5.74) is 0. The van der Waals surface area contributed by atoms with Crippen molar-refractivity contribution in [3.8, 4) is 0 Å². The Morgan fingerprint density at radius 1 is 1.22 bits per heavy atom. The number of hydrogen-bond acceptors (Lipinski definition) is 2. The first-order valence-corrected chi connectivity index (χ1v) is 7.81.